The van der Waals surface area contributed by atoms with E-state index in [0.717, 1.165) is 11.3 Å². The highest BCUT2D eigenvalue weighted by Crippen LogP contribution is 2.23. The van der Waals surface area contributed by atoms with Crippen LogP contribution >= 0.6 is 23.6 Å². The summed E-state index contributed by atoms with van der Waals surface area (Å²) in [6, 6.07) is 6.62. The second-order valence-corrected chi connectivity index (χ2v) is 6.20. The van der Waals surface area contributed by atoms with Gasteiger partial charge in [-0.05, 0) is 50.3 Å². The Morgan fingerprint density at radius 3 is 2.56 bits per heavy atom. The number of nitrogens with zero attached hydrogens (tertiary/aromatic N) is 1. The fraction of sp³-hybridized carbons (Fsp3) is 0.250. The Morgan fingerprint density at radius 2 is 1.96 bits per heavy atom. The van der Waals surface area contributed by atoms with Crippen LogP contribution in [0.15, 0.2) is 24.3 Å². The number of thiocarbonyl (C=S) groups is 1. The Morgan fingerprint density at radius 1 is 1.28 bits per heavy atom. The van der Waals surface area contributed by atoms with E-state index < -0.39 is 5.97 Å². The van der Waals surface area contributed by atoms with Gasteiger partial charge in [-0.25, -0.2) is 9.78 Å². The van der Waals surface area contributed by atoms with Crippen molar-refractivity contribution in [2.24, 2.45) is 0 Å². The second kappa shape index (κ2) is 8.54. The molecule has 2 aromatic rings. The zero-order valence-electron chi connectivity index (χ0n) is 13.9. The number of aromatic nitrogens is 1. The third-order valence-corrected chi connectivity index (χ3v) is 4.31. The number of thiazole rings is 1. The van der Waals surface area contributed by atoms with E-state index in [0.29, 0.717) is 27.0 Å². The molecule has 1 heterocycles. The quantitative estimate of drug-likeness (QED) is 0.610. The minimum absolute atomic E-state index is 0.0879. The minimum Gasteiger partial charge on any atom is -0.497 e. The summed E-state index contributed by atoms with van der Waals surface area (Å²) in [6.45, 7) is 3.72. The van der Waals surface area contributed by atoms with Crippen LogP contribution in [-0.4, -0.2) is 35.7 Å². The van der Waals surface area contributed by atoms with Crippen molar-refractivity contribution in [3.8, 4) is 5.75 Å². The first-order valence-corrected chi connectivity index (χ1v) is 8.58. The van der Waals surface area contributed by atoms with Gasteiger partial charge in [0.05, 0.1) is 19.4 Å². The molecule has 1 aromatic heterocycles. The number of carbonyl (C=O) groups excluding carboxylic acids is 2. The smallest absolute Gasteiger partial charge is 0.350 e. The molecule has 0 radical (unpaired) electrons. The van der Waals surface area contributed by atoms with Gasteiger partial charge in [-0.1, -0.05) is 11.3 Å². The SMILES string of the molecule is CCOC(=O)c1sc(NC(=S)NC(=O)c2ccc(OC)cc2)nc1C. The first-order chi connectivity index (χ1) is 11.9. The van der Waals surface area contributed by atoms with Gasteiger partial charge in [0.15, 0.2) is 10.2 Å². The molecule has 0 fully saturated rings. The van der Waals surface area contributed by atoms with E-state index in [9.17, 15) is 9.59 Å². The van der Waals surface area contributed by atoms with Gasteiger partial charge in [0.2, 0.25) is 0 Å². The van der Waals surface area contributed by atoms with Crippen LogP contribution in [0.1, 0.15) is 32.6 Å². The number of esters is 1. The number of hydrogen-bond acceptors (Lipinski definition) is 7. The lowest BCUT2D eigenvalue weighted by atomic mass is 10.2. The summed E-state index contributed by atoms with van der Waals surface area (Å²) in [7, 11) is 1.55. The monoisotopic (exact) mass is 379 g/mol. The highest BCUT2D eigenvalue weighted by Gasteiger charge is 2.17. The van der Waals surface area contributed by atoms with Crippen LogP contribution in [0.4, 0.5) is 5.13 Å². The third kappa shape index (κ3) is 4.97. The largest absolute Gasteiger partial charge is 0.497 e. The van der Waals surface area contributed by atoms with E-state index in [1.54, 1.807) is 45.2 Å². The summed E-state index contributed by atoms with van der Waals surface area (Å²) in [6.07, 6.45) is 0. The molecule has 0 aliphatic rings. The summed E-state index contributed by atoms with van der Waals surface area (Å²) in [4.78, 5) is 28.5. The Kier molecular flexibility index (Phi) is 6.43. The van der Waals surface area contributed by atoms with Crippen molar-refractivity contribution in [2.75, 3.05) is 19.0 Å². The number of carbonyl (C=O) groups is 2. The van der Waals surface area contributed by atoms with Crippen molar-refractivity contribution >= 4 is 45.7 Å². The number of hydrogen-bond donors (Lipinski definition) is 2. The van der Waals surface area contributed by atoms with E-state index >= 15 is 0 Å². The van der Waals surface area contributed by atoms with Crippen molar-refractivity contribution in [1.82, 2.24) is 10.3 Å². The molecule has 1 aromatic carbocycles. The van der Waals surface area contributed by atoms with Gasteiger partial charge in [-0.15, -0.1) is 0 Å². The van der Waals surface area contributed by atoms with Crippen molar-refractivity contribution < 1.29 is 19.1 Å². The van der Waals surface area contributed by atoms with E-state index in [-0.39, 0.29) is 17.6 Å². The number of ether oxygens (including phenoxy) is 2. The maximum atomic E-state index is 12.1. The summed E-state index contributed by atoms with van der Waals surface area (Å²) < 4.78 is 10.0. The summed E-state index contributed by atoms with van der Waals surface area (Å²) in [5, 5.41) is 5.85. The number of aryl methyl sites for hydroxylation is 1. The molecule has 2 rings (SSSR count). The van der Waals surface area contributed by atoms with E-state index in [4.69, 9.17) is 21.7 Å². The summed E-state index contributed by atoms with van der Waals surface area (Å²) >= 11 is 6.22. The molecular formula is C16H17N3O4S2. The van der Waals surface area contributed by atoms with E-state index in [2.05, 4.69) is 15.6 Å². The van der Waals surface area contributed by atoms with Gasteiger partial charge in [0.25, 0.3) is 5.91 Å². The van der Waals surface area contributed by atoms with Gasteiger partial charge in [0, 0.05) is 5.56 Å². The molecule has 0 atom stereocenters. The van der Waals surface area contributed by atoms with Crippen molar-refractivity contribution in [1.29, 1.82) is 0 Å². The number of benzene rings is 1. The number of rotatable bonds is 5. The molecular weight excluding hydrogens is 362 g/mol. The molecule has 0 unspecified atom stereocenters. The first kappa shape index (κ1) is 18.8. The summed E-state index contributed by atoms with van der Waals surface area (Å²) in [5.74, 6) is -0.139. The zero-order valence-corrected chi connectivity index (χ0v) is 15.5. The van der Waals surface area contributed by atoms with Crippen LogP contribution in [0.2, 0.25) is 0 Å². The van der Waals surface area contributed by atoms with Crippen LogP contribution in [0.25, 0.3) is 0 Å². The van der Waals surface area contributed by atoms with Gasteiger partial charge in [-0.3, -0.25) is 10.1 Å². The van der Waals surface area contributed by atoms with Crippen molar-refractivity contribution in [3.05, 3.63) is 40.4 Å². The zero-order chi connectivity index (χ0) is 18.4. The molecule has 0 spiro atoms. The molecule has 0 saturated heterocycles. The number of anilines is 1. The standard InChI is InChI=1S/C16H17N3O4S2/c1-4-23-14(21)12-9(2)17-16(25-12)19-15(24)18-13(20)10-5-7-11(22-3)8-6-10/h5-8H,4H2,1-3H3,(H2,17,18,19,20,24). The lowest BCUT2D eigenvalue weighted by molar-refractivity contribution is 0.0531. The topological polar surface area (TPSA) is 89.6 Å². The third-order valence-electron chi connectivity index (χ3n) is 3.06. The normalized spacial score (nSPS) is 10.0. The van der Waals surface area contributed by atoms with Crippen LogP contribution in [0, 0.1) is 6.92 Å². The average molecular weight is 379 g/mol. The number of nitrogens with one attached hydrogen (secondary N) is 2. The first-order valence-electron chi connectivity index (χ1n) is 7.35. The minimum atomic E-state index is -0.432. The van der Waals surface area contributed by atoms with Gasteiger partial charge in [-0.2, -0.15) is 0 Å². The predicted molar refractivity (Wildman–Crippen MR) is 99.5 cm³/mol. The summed E-state index contributed by atoms with van der Waals surface area (Å²) in [5.41, 5.74) is 0.975. The number of methoxy groups -OCH3 is 1. The van der Waals surface area contributed by atoms with Gasteiger partial charge in [0.1, 0.15) is 10.6 Å². The average Bonchev–Trinajstić information content (AvgIpc) is 2.95. The fourth-order valence-electron chi connectivity index (χ4n) is 1.88. The second-order valence-electron chi connectivity index (χ2n) is 4.79. The molecule has 1 amide bonds. The van der Waals surface area contributed by atoms with Crippen LogP contribution < -0.4 is 15.4 Å². The molecule has 25 heavy (non-hydrogen) atoms. The lowest BCUT2D eigenvalue weighted by Gasteiger charge is -2.07. The number of amides is 1. The van der Waals surface area contributed by atoms with E-state index in [1.807, 2.05) is 0 Å². The Hall–Kier alpha value is -2.52. The highest BCUT2D eigenvalue weighted by atomic mass is 32.1. The molecule has 0 bridgehead atoms. The van der Waals surface area contributed by atoms with Crippen LogP contribution in [-0.2, 0) is 4.74 Å². The molecule has 9 heteroatoms. The maximum Gasteiger partial charge on any atom is 0.350 e. The van der Waals surface area contributed by atoms with Crippen LogP contribution in [0.5, 0.6) is 5.75 Å². The molecule has 2 N–H and O–H groups in total. The molecule has 7 nitrogen and oxygen atoms in total. The molecule has 0 saturated carbocycles. The predicted octanol–water partition coefficient (Wildman–Crippen LogP) is 2.76. The maximum absolute atomic E-state index is 12.1. The Balaban J connectivity index is 1.98. The Bertz CT molecular complexity index is 787. The Labute approximate surface area is 154 Å². The van der Waals surface area contributed by atoms with Crippen LogP contribution in [0.3, 0.4) is 0 Å². The molecule has 0 aliphatic heterocycles. The lowest BCUT2D eigenvalue weighted by Crippen LogP contribution is -2.34. The van der Waals surface area contributed by atoms with E-state index in [1.165, 1.54) is 0 Å². The molecule has 0 aliphatic carbocycles. The van der Waals surface area contributed by atoms with Crippen molar-refractivity contribution in [2.45, 2.75) is 13.8 Å². The van der Waals surface area contributed by atoms with Crippen molar-refractivity contribution in [3.63, 3.8) is 0 Å². The van der Waals surface area contributed by atoms with Gasteiger partial charge < -0.3 is 14.8 Å². The fourth-order valence-corrected chi connectivity index (χ4v) is 3.00. The molecule has 132 valence electrons. The highest BCUT2D eigenvalue weighted by molar-refractivity contribution is 7.80. The van der Waals surface area contributed by atoms with Gasteiger partial charge >= 0.3 is 5.97 Å².